The lowest BCUT2D eigenvalue weighted by Crippen LogP contribution is -2.53. The summed E-state index contributed by atoms with van der Waals surface area (Å²) < 4.78 is 10.9. The fraction of sp³-hybridized carbons (Fsp3) is 1.00. The monoisotopic (exact) mass is 157 g/mol. The van der Waals surface area contributed by atoms with Crippen molar-refractivity contribution in [2.24, 2.45) is 0 Å². The summed E-state index contributed by atoms with van der Waals surface area (Å²) in [4.78, 5) is 0. The second-order valence-corrected chi connectivity index (χ2v) is 3.38. The van der Waals surface area contributed by atoms with Crippen molar-refractivity contribution in [1.82, 2.24) is 5.32 Å². The quantitative estimate of drug-likeness (QED) is 0.543. The predicted molar refractivity (Wildman–Crippen MR) is 41.6 cm³/mol. The second kappa shape index (κ2) is 3.09. The van der Waals surface area contributed by atoms with Crippen molar-refractivity contribution < 1.29 is 9.47 Å². The summed E-state index contributed by atoms with van der Waals surface area (Å²) in [6, 6.07) is 0. The van der Waals surface area contributed by atoms with Crippen molar-refractivity contribution in [1.29, 1.82) is 0 Å². The van der Waals surface area contributed by atoms with Gasteiger partial charge in [0, 0.05) is 6.54 Å². The molecule has 0 atom stereocenters. The Morgan fingerprint density at radius 1 is 1.18 bits per heavy atom. The van der Waals surface area contributed by atoms with E-state index in [9.17, 15) is 0 Å². The van der Waals surface area contributed by atoms with Gasteiger partial charge in [-0.2, -0.15) is 0 Å². The van der Waals surface area contributed by atoms with Crippen molar-refractivity contribution in [3.63, 3.8) is 0 Å². The van der Waals surface area contributed by atoms with Gasteiger partial charge in [0.1, 0.15) is 5.60 Å². The van der Waals surface area contributed by atoms with Gasteiger partial charge >= 0.3 is 0 Å². The van der Waals surface area contributed by atoms with Crippen LogP contribution in [0.1, 0.15) is 12.8 Å². The molecule has 0 aromatic rings. The lowest BCUT2D eigenvalue weighted by atomic mass is 9.95. The Labute approximate surface area is 67.1 Å². The van der Waals surface area contributed by atoms with Crippen molar-refractivity contribution in [2.75, 3.05) is 32.9 Å². The summed E-state index contributed by atoms with van der Waals surface area (Å²) in [6.45, 7) is 4.58. The highest BCUT2D eigenvalue weighted by Gasteiger charge is 2.39. The maximum Gasteiger partial charge on any atom is 0.115 e. The zero-order chi connectivity index (χ0) is 7.57. The lowest BCUT2D eigenvalue weighted by Gasteiger charge is -2.42. The van der Waals surface area contributed by atoms with E-state index in [2.05, 4.69) is 5.32 Å². The fourth-order valence-electron chi connectivity index (χ4n) is 1.63. The van der Waals surface area contributed by atoms with Crippen LogP contribution in [0, 0.1) is 0 Å². The molecule has 0 aliphatic carbocycles. The molecule has 2 heterocycles. The van der Waals surface area contributed by atoms with Crippen LogP contribution in [-0.2, 0) is 9.47 Å². The van der Waals surface area contributed by atoms with Crippen LogP contribution in [0.15, 0.2) is 0 Å². The highest BCUT2D eigenvalue weighted by Crippen LogP contribution is 2.27. The van der Waals surface area contributed by atoms with Gasteiger partial charge in [0.15, 0.2) is 0 Å². The molecule has 3 nitrogen and oxygen atoms in total. The lowest BCUT2D eigenvalue weighted by molar-refractivity contribution is -0.214. The fourth-order valence-corrected chi connectivity index (χ4v) is 1.63. The maximum atomic E-state index is 5.72. The Balaban J connectivity index is 1.86. The molecule has 2 aliphatic heterocycles. The molecule has 2 saturated heterocycles. The van der Waals surface area contributed by atoms with Crippen LogP contribution in [0.4, 0.5) is 0 Å². The molecule has 2 aliphatic rings. The van der Waals surface area contributed by atoms with Gasteiger partial charge in [0.05, 0.1) is 19.8 Å². The summed E-state index contributed by atoms with van der Waals surface area (Å²) >= 11 is 0. The SMILES string of the molecule is C1CNCCOC2(C1)COC2. The van der Waals surface area contributed by atoms with E-state index in [0.29, 0.717) is 0 Å². The molecular weight excluding hydrogens is 142 g/mol. The molecule has 11 heavy (non-hydrogen) atoms. The minimum Gasteiger partial charge on any atom is -0.375 e. The number of hydrogen-bond acceptors (Lipinski definition) is 3. The van der Waals surface area contributed by atoms with Crippen LogP contribution >= 0.6 is 0 Å². The minimum absolute atomic E-state index is 0.113. The molecule has 2 rings (SSSR count). The zero-order valence-corrected chi connectivity index (χ0v) is 6.77. The maximum absolute atomic E-state index is 5.72. The Kier molecular flexibility index (Phi) is 2.11. The Bertz CT molecular complexity index is 124. The van der Waals surface area contributed by atoms with Gasteiger partial charge in [-0.25, -0.2) is 0 Å². The molecule has 2 fully saturated rings. The highest BCUT2D eigenvalue weighted by atomic mass is 16.6. The smallest absolute Gasteiger partial charge is 0.115 e. The average molecular weight is 157 g/mol. The molecule has 1 N–H and O–H groups in total. The van der Waals surface area contributed by atoms with E-state index < -0.39 is 0 Å². The van der Waals surface area contributed by atoms with E-state index in [0.717, 1.165) is 39.3 Å². The van der Waals surface area contributed by atoms with Gasteiger partial charge in [0.2, 0.25) is 0 Å². The molecule has 0 aromatic carbocycles. The first-order valence-electron chi connectivity index (χ1n) is 4.34. The van der Waals surface area contributed by atoms with Crippen LogP contribution < -0.4 is 5.32 Å². The molecule has 3 heteroatoms. The molecule has 0 amide bonds. The highest BCUT2D eigenvalue weighted by molar-refractivity contribution is 4.88. The third-order valence-corrected chi connectivity index (χ3v) is 2.40. The second-order valence-electron chi connectivity index (χ2n) is 3.38. The number of ether oxygens (including phenoxy) is 2. The van der Waals surface area contributed by atoms with Crippen LogP contribution in [0.5, 0.6) is 0 Å². The standard InChI is InChI=1S/C8H15NO2/c1-2-8(6-10-7-8)11-5-4-9-3-1/h9H,1-7H2. The van der Waals surface area contributed by atoms with Gasteiger partial charge in [-0.1, -0.05) is 0 Å². The van der Waals surface area contributed by atoms with Gasteiger partial charge in [-0.3, -0.25) is 0 Å². The summed E-state index contributed by atoms with van der Waals surface area (Å²) in [5.74, 6) is 0. The summed E-state index contributed by atoms with van der Waals surface area (Å²) in [5, 5.41) is 3.31. The first kappa shape index (κ1) is 7.53. The number of rotatable bonds is 0. The van der Waals surface area contributed by atoms with E-state index in [-0.39, 0.29) is 5.60 Å². The first-order valence-corrected chi connectivity index (χ1v) is 4.34. The van der Waals surface area contributed by atoms with Gasteiger partial charge < -0.3 is 14.8 Å². The van der Waals surface area contributed by atoms with Gasteiger partial charge in [-0.05, 0) is 19.4 Å². The van der Waals surface area contributed by atoms with E-state index >= 15 is 0 Å². The Morgan fingerprint density at radius 2 is 2.09 bits per heavy atom. The van der Waals surface area contributed by atoms with Crippen LogP contribution in [0.3, 0.4) is 0 Å². The molecular formula is C8H15NO2. The molecule has 0 aromatic heterocycles. The van der Waals surface area contributed by atoms with Crippen molar-refractivity contribution in [3.8, 4) is 0 Å². The van der Waals surface area contributed by atoms with Crippen LogP contribution in [0.2, 0.25) is 0 Å². The largest absolute Gasteiger partial charge is 0.375 e. The molecule has 1 spiro atoms. The molecule has 0 bridgehead atoms. The molecule has 0 unspecified atom stereocenters. The molecule has 64 valence electrons. The Morgan fingerprint density at radius 3 is 2.82 bits per heavy atom. The average Bonchev–Trinajstić information content (AvgIpc) is 1.82. The predicted octanol–water partition coefficient (Wildman–Crippen LogP) is 0.155. The van der Waals surface area contributed by atoms with E-state index in [1.165, 1.54) is 6.42 Å². The zero-order valence-electron chi connectivity index (χ0n) is 6.77. The molecule has 0 radical (unpaired) electrons. The summed E-state index contributed by atoms with van der Waals surface area (Å²) in [5.41, 5.74) is 0.113. The third kappa shape index (κ3) is 1.55. The van der Waals surface area contributed by atoms with Crippen LogP contribution in [0.25, 0.3) is 0 Å². The summed E-state index contributed by atoms with van der Waals surface area (Å²) in [6.07, 6.45) is 2.36. The number of nitrogens with one attached hydrogen (secondary N) is 1. The normalized spacial score (nSPS) is 30.5. The van der Waals surface area contributed by atoms with Crippen LogP contribution in [-0.4, -0.2) is 38.5 Å². The minimum atomic E-state index is 0.113. The summed E-state index contributed by atoms with van der Waals surface area (Å²) in [7, 11) is 0. The van der Waals surface area contributed by atoms with Crippen molar-refractivity contribution in [2.45, 2.75) is 18.4 Å². The van der Waals surface area contributed by atoms with E-state index in [4.69, 9.17) is 9.47 Å². The Hall–Kier alpha value is -0.120. The molecule has 0 saturated carbocycles. The van der Waals surface area contributed by atoms with Gasteiger partial charge in [0.25, 0.3) is 0 Å². The van der Waals surface area contributed by atoms with Crippen molar-refractivity contribution >= 4 is 0 Å². The van der Waals surface area contributed by atoms with E-state index in [1.807, 2.05) is 0 Å². The first-order chi connectivity index (χ1) is 5.41. The third-order valence-electron chi connectivity index (χ3n) is 2.40. The van der Waals surface area contributed by atoms with Gasteiger partial charge in [-0.15, -0.1) is 0 Å². The van der Waals surface area contributed by atoms with Crippen molar-refractivity contribution in [3.05, 3.63) is 0 Å². The number of hydrogen-bond donors (Lipinski definition) is 1. The van der Waals surface area contributed by atoms with E-state index in [1.54, 1.807) is 0 Å². The topological polar surface area (TPSA) is 30.5 Å².